The fourth-order valence-corrected chi connectivity index (χ4v) is 5.01. The number of halogens is 2. The number of thioether (sulfide) groups is 1. The van der Waals surface area contributed by atoms with Gasteiger partial charge in [-0.2, -0.15) is 5.10 Å². The maximum absolute atomic E-state index is 12.3. The second-order valence-corrected chi connectivity index (χ2v) is 10.4. The molecule has 0 radical (unpaired) electrons. The van der Waals surface area contributed by atoms with Crippen molar-refractivity contribution in [2.45, 2.75) is 5.16 Å². The highest BCUT2D eigenvalue weighted by Crippen LogP contribution is 2.29. The molecule has 1 amide bonds. The van der Waals surface area contributed by atoms with E-state index in [1.54, 1.807) is 25.5 Å². The first-order valence-electron chi connectivity index (χ1n) is 9.59. The standard InChI is InChI=1S/C22H17BrClN5O2S2/c1-31-17-8-2-14(3-9-17)21-27-28-22(29(21)16-6-4-15(24)5-7-16)32-13-20(30)26-25-12-18-10-11-19(23)33-18/h2-12H,13H2,1H3,(H,26,30). The lowest BCUT2D eigenvalue weighted by Crippen LogP contribution is -2.19. The number of aromatic nitrogens is 3. The zero-order chi connectivity index (χ0) is 23.2. The number of hydrazone groups is 1. The lowest BCUT2D eigenvalue weighted by atomic mass is 10.2. The summed E-state index contributed by atoms with van der Waals surface area (Å²) in [5.41, 5.74) is 4.24. The van der Waals surface area contributed by atoms with E-state index >= 15 is 0 Å². The van der Waals surface area contributed by atoms with Gasteiger partial charge >= 0.3 is 0 Å². The Kier molecular flexibility index (Phi) is 7.81. The van der Waals surface area contributed by atoms with Crippen LogP contribution in [-0.4, -0.2) is 39.7 Å². The third-order valence-corrected chi connectivity index (χ3v) is 7.11. The number of hydrogen-bond donors (Lipinski definition) is 1. The van der Waals surface area contributed by atoms with Crippen LogP contribution in [0.3, 0.4) is 0 Å². The summed E-state index contributed by atoms with van der Waals surface area (Å²) in [7, 11) is 1.62. The number of ether oxygens (including phenoxy) is 1. The molecule has 1 N–H and O–H groups in total. The number of methoxy groups -OCH3 is 1. The summed E-state index contributed by atoms with van der Waals surface area (Å²) in [6, 6.07) is 18.7. The van der Waals surface area contributed by atoms with Crippen LogP contribution in [0, 0.1) is 0 Å². The molecule has 7 nitrogen and oxygen atoms in total. The van der Waals surface area contributed by atoms with Gasteiger partial charge in [-0.15, -0.1) is 21.5 Å². The average Bonchev–Trinajstić information content (AvgIpc) is 3.44. The van der Waals surface area contributed by atoms with Gasteiger partial charge < -0.3 is 4.74 Å². The van der Waals surface area contributed by atoms with E-state index < -0.39 is 0 Å². The zero-order valence-electron chi connectivity index (χ0n) is 17.2. The first-order chi connectivity index (χ1) is 16.0. The zero-order valence-corrected chi connectivity index (χ0v) is 21.2. The van der Waals surface area contributed by atoms with Crippen LogP contribution in [0.2, 0.25) is 5.02 Å². The van der Waals surface area contributed by atoms with Gasteiger partial charge in [0.2, 0.25) is 0 Å². The van der Waals surface area contributed by atoms with E-state index in [0.29, 0.717) is 16.0 Å². The summed E-state index contributed by atoms with van der Waals surface area (Å²) in [6.45, 7) is 0. The molecule has 4 aromatic rings. The highest BCUT2D eigenvalue weighted by Gasteiger charge is 2.17. The van der Waals surface area contributed by atoms with Gasteiger partial charge in [0, 0.05) is 21.2 Å². The summed E-state index contributed by atoms with van der Waals surface area (Å²) in [5, 5.41) is 13.9. The van der Waals surface area contributed by atoms with Gasteiger partial charge in [0.25, 0.3) is 5.91 Å². The minimum atomic E-state index is -0.247. The van der Waals surface area contributed by atoms with E-state index in [1.807, 2.05) is 53.1 Å². The lowest BCUT2D eigenvalue weighted by Gasteiger charge is -2.11. The van der Waals surface area contributed by atoms with Gasteiger partial charge in [0.05, 0.1) is 22.9 Å². The molecule has 2 aromatic carbocycles. The Hall–Kier alpha value is -2.66. The van der Waals surface area contributed by atoms with E-state index in [4.69, 9.17) is 16.3 Å². The largest absolute Gasteiger partial charge is 0.497 e. The van der Waals surface area contributed by atoms with Crippen molar-refractivity contribution in [2.75, 3.05) is 12.9 Å². The van der Waals surface area contributed by atoms with Crippen LogP contribution in [0.25, 0.3) is 17.1 Å². The van der Waals surface area contributed by atoms with E-state index in [0.717, 1.165) is 25.7 Å². The Labute approximate surface area is 212 Å². The highest BCUT2D eigenvalue weighted by atomic mass is 79.9. The quantitative estimate of drug-likeness (QED) is 0.170. The van der Waals surface area contributed by atoms with Gasteiger partial charge in [-0.05, 0) is 76.6 Å². The van der Waals surface area contributed by atoms with Crippen LogP contribution >= 0.6 is 50.6 Å². The second-order valence-electron chi connectivity index (χ2n) is 6.57. The molecule has 0 aliphatic heterocycles. The Morgan fingerprint density at radius 2 is 1.94 bits per heavy atom. The minimum Gasteiger partial charge on any atom is -0.497 e. The first-order valence-corrected chi connectivity index (χ1v) is 12.6. The van der Waals surface area contributed by atoms with Gasteiger partial charge in [-0.25, -0.2) is 5.43 Å². The van der Waals surface area contributed by atoms with Crippen LogP contribution in [0.5, 0.6) is 5.75 Å². The Morgan fingerprint density at radius 1 is 1.18 bits per heavy atom. The number of nitrogens with one attached hydrogen (secondary N) is 1. The molecule has 0 unspecified atom stereocenters. The number of carbonyl (C=O) groups is 1. The SMILES string of the molecule is COc1ccc(-c2nnc(SCC(=O)NN=Cc3ccc(Br)s3)n2-c2ccc(Cl)cc2)cc1. The van der Waals surface area contributed by atoms with Crippen LogP contribution in [0.4, 0.5) is 0 Å². The normalized spacial score (nSPS) is 11.1. The molecule has 0 aliphatic rings. The predicted molar refractivity (Wildman–Crippen MR) is 137 cm³/mol. The smallest absolute Gasteiger partial charge is 0.250 e. The Morgan fingerprint density at radius 3 is 2.61 bits per heavy atom. The van der Waals surface area contributed by atoms with Gasteiger partial charge in [-0.3, -0.25) is 9.36 Å². The van der Waals surface area contributed by atoms with E-state index in [1.165, 1.54) is 23.1 Å². The molecule has 0 bridgehead atoms. The number of benzene rings is 2. The number of nitrogens with zero attached hydrogens (tertiary/aromatic N) is 4. The summed E-state index contributed by atoms with van der Waals surface area (Å²) >= 11 is 12.3. The average molecular weight is 563 g/mol. The monoisotopic (exact) mass is 561 g/mol. The molecule has 2 heterocycles. The Bertz CT molecular complexity index is 1270. The van der Waals surface area contributed by atoms with Crippen molar-refractivity contribution in [3.63, 3.8) is 0 Å². The van der Waals surface area contributed by atoms with Crippen molar-refractivity contribution in [1.29, 1.82) is 0 Å². The number of carbonyl (C=O) groups excluding carboxylic acids is 1. The molecule has 4 rings (SSSR count). The number of thiophene rings is 1. The van der Waals surface area contributed by atoms with Crippen molar-refractivity contribution >= 4 is 62.8 Å². The van der Waals surface area contributed by atoms with E-state index in [9.17, 15) is 4.79 Å². The molecular formula is C22H17BrClN5O2S2. The summed E-state index contributed by atoms with van der Waals surface area (Å²) in [6.07, 6.45) is 1.61. The van der Waals surface area contributed by atoms with E-state index in [2.05, 4.69) is 36.7 Å². The molecule has 0 aliphatic carbocycles. The maximum atomic E-state index is 12.3. The van der Waals surface area contributed by atoms with Gasteiger partial charge in [0.15, 0.2) is 11.0 Å². The predicted octanol–water partition coefficient (Wildman–Crippen LogP) is 5.66. The van der Waals surface area contributed by atoms with Gasteiger partial charge in [0.1, 0.15) is 5.75 Å². The number of rotatable bonds is 8. The van der Waals surface area contributed by atoms with Crippen LogP contribution in [-0.2, 0) is 4.79 Å². The maximum Gasteiger partial charge on any atom is 0.250 e. The summed E-state index contributed by atoms with van der Waals surface area (Å²) in [5.74, 6) is 1.27. The molecule has 168 valence electrons. The van der Waals surface area contributed by atoms with E-state index in [-0.39, 0.29) is 11.7 Å². The third-order valence-electron chi connectivity index (χ3n) is 4.37. The lowest BCUT2D eigenvalue weighted by molar-refractivity contribution is -0.118. The van der Waals surface area contributed by atoms with Crippen LogP contribution < -0.4 is 10.2 Å². The second kappa shape index (κ2) is 11.0. The fraction of sp³-hybridized carbons (Fsp3) is 0.0909. The molecule has 0 fully saturated rings. The molecule has 0 saturated carbocycles. The third kappa shape index (κ3) is 6.02. The van der Waals surface area contributed by atoms with Crippen molar-refractivity contribution in [2.24, 2.45) is 5.10 Å². The minimum absolute atomic E-state index is 0.125. The molecular weight excluding hydrogens is 546 g/mol. The summed E-state index contributed by atoms with van der Waals surface area (Å²) < 4.78 is 8.14. The van der Waals surface area contributed by atoms with Crippen molar-refractivity contribution in [3.05, 3.63) is 74.3 Å². The van der Waals surface area contributed by atoms with Crippen molar-refractivity contribution < 1.29 is 9.53 Å². The first kappa shape index (κ1) is 23.5. The Balaban J connectivity index is 1.53. The molecule has 33 heavy (non-hydrogen) atoms. The molecule has 2 aromatic heterocycles. The topological polar surface area (TPSA) is 81.4 Å². The molecule has 0 atom stereocenters. The highest BCUT2D eigenvalue weighted by molar-refractivity contribution is 9.11. The number of amides is 1. The fourth-order valence-electron chi connectivity index (χ4n) is 2.84. The molecule has 0 spiro atoms. The molecule has 0 saturated heterocycles. The molecule has 11 heteroatoms. The number of hydrogen-bond acceptors (Lipinski definition) is 7. The van der Waals surface area contributed by atoms with Crippen molar-refractivity contribution in [3.8, 4) is 22.8 Å². The van der Waals surface area contributed by atoms with Crippen LogP contribution in [0.15, 0.2) is 74.7 Å². The van der Waals surface area contributed by atoms with Crippen molar-refractivity contribution in [1.82, 2.24) is 20.2 Å². The summed E-state index contributed by atoms with van der Waals surface area (Å²) in [4.78, 5) is 13.2. The van der Waals surface area contributed by atoms with Crippen LogP contribution in [0.1, 0.15) is 4.88 Å². The van der Waals surface area contributed by atoms with Gasteiger partial charge in [-0.1, -0.05) is 23.4 Å².